The number of hydrogen-bond donors (Lipinski definition) is 1. The van der Waals surface area contributed by atoms with E-state index in [4.69, 9.17) is 0 Å². The molecule has 1 aromatic heterocycles. The van der Waals surface area contributed by atoms with Gasteiger partial charge in [-0.05, 0) is 62.3 Å². The minimum atomic E-state index is -0.128. The normalized spacial score (nSPS) is 13.3. The molecular formula is C18H18N2OS. The fourth-order valence-electron chi connectivity index (χ4n) is 2.94. The van der Waals surface area contributed by atoms with Crippen molar-refractivity contribution in [3.63, 3.8) is 0 Å². The number of fused-ring (bicyclic) bond motifs is 1. The number of nitriles is 1. The van der Waals surface area contributed by atoms with Gasteiger partial charge in [0.15, 0.2) is 0 Å². The molecule has 0 atom stereocenters. The van der Waals surface area contributed by atoms with Gasteiger partial charge in [0, 0.05) is 10.4 Å². The van der Waals surface area contributed by atoms with Crippen LogP contribution in [0.15, 0.2) is 18.2 Å². The highest BCUT2D eigenvalue weighted by Gasteiger charge is 2.22. The Bertz CT molecular complexity index is 783. The molecule has 0 radical (unpaired) electrons. The van der Waals surface area contributed by atoms with E-state index in [1.165, 1.54) is 11.3 Å². The van der Waals surface area contributed by atoms with Crippen LogP contribution in [-0.2, 0) is 12.8 Å². The first-order valence-corrected chi connectivity index (χ1v) is 8.35. The molecule has 1 aliphatic carbocycles. The summed E-state index contributed by atoms with van der Waals surface area (Å²) in [5, 5.41) is 13.1. The lowest BCUT2D eigenvalue weighted by Crippen LogP contribution is -2.13. The number of anilines is 1. The molecule has 1 aromatic carbocycles. The summed E-state index contributed by atoms with van der Waals surface area (Å²) in [5.41, 5.74) is 4.57. The van der Waals surface area contributed by atoms with Crippen molar-refractivity contribution < 1.29 is 4.79 Å². The van der Waals surface area contributed by atoms with Crippen molar-refractivity contribution in [3.8, 4) is 6.07 Å². The van der Waals surface area contributed by atoms with Crippen molar-refractivity contribution in [1.29, 1.82) is 5.26 Å². The molecule has 0 fully saturated rings. The van der Waals surface area contributed by atoms with Crippen LogP contribution in [-0.4, -0.2) is 5.91 Å². The van der Waals surface area contributed by atoms with Gasteiger partial charge in [0.05, 0.1) is 5.56 Å². The maximum atomic E-state index is 12.6. The smallest absolute Gasteiger partial charge is 0.256 e. The number of nitrogens with one attached hydrogen (secondary N) is 1. The number of amides is 1. The number of aryl methyl sites for hydroxylation is 2. The Balaban J connectivity index is 1.93. The second-order valence-corrected chi connectivity index (χ2v) is 6.83. The Morgan fingerprint density at radius 3 is 2.82 bits per heavy atom. The molecule has 0 saturated heterocycles. The summed E-state index contributed by atoms with van der Waals surface area (Å²) >= 11 is 1.57. The fraction of sp³-hybridized carbons (Fsp3) is 0.333. The quantitative estimate of drug-likeness (QED) is 0.895. The van der Waals surface area contributed by atoms with E-state index in [1.54, 1.807) is 11.3 Å². The second kappa shape index (κ2) is 5.94. The summed E-state index contributed by atoms with van der Waals surface area (Å²) in [6, 6.07) is 8.00. The molecule has 2 aromatic rings. The summed E-state index contributed by atoms with van der Waals surface area (Å²) in [6.07, 6.45) is 4.27. The van der Waals surface area contributed by atoms with E-state index in [0.29, 0.717) is 16.1 Å². The summed E-state index contributed by atoms with van der Waals surface area (Å²) in [6.45, 7) is 3.95. The molecular weight excluding hydrogens is 292 g/mol. The van der Waals surface area contributed by atoms with Gasteiger partial charge in [-0.1, -0.05) is 12.1 Å². The number of benzene rings is 1. The molecule has 3 nitrogen and oxygen atoms in total. The lowest BCUT2D eigenvalue weighted by molar-refractivity contribution is 0.102. The number of carbonyl (C=O) groups is 1. The van der Waals surface area contributed by atoms with Gasteiger partial charge >= 0.3 is 0 Å². The standard InChI is InChI=1S/C18H18N2OS/c1-11-6-5-8-13(12(11)2)17(21)20-18-15(10-19)14-7-3-4-9-16(14)22-18/h5-6,8H,3-4,7,9H2,1-2H3,(H,20,21). The monoisotopic (exact) mass is 310 g/mol. The Morgan fingerprint density at radius 1 is 1.27 bits per heavy atom. The third-order valence-electron chi connectivity index (χ3n) is 4.36. The topological polar surface area (TPSA) is 52.9 Å². The van der Waals surface area contributed by atoms with E-state index in [9.17, 15) is 10.1 Å². The predicted molar refractivity (Wildman–Crippen MR) is 89.5 cm³/mol. The first kappa shape index (κ1) is 14.8. The van der Waals surface area contributed by atoms with Crippen LogP contribution in [0.25, 0.3) is 0 Å². The molecule has 0 bridgehead atoms. The number of hydrogen-bond acceptors (Lipinski definition) is 3. The van der Waals surface area contributed by atoms with E-state index >= 15 is 0 Å². The summed E-state index contributed by atoms with van der Waals surface area (Å²) in [7, 11) is 0. The number of carbonyl (C=O) groups excluding carboxylic acids is 1. The van der Waals surface area contributed by atoms with E-state index in [1.807, 2.05) is 32.0 Å². The van der Waals surface area contributed by atoms with Crippen LogP contribution in [0.1, 0.15) is 50.3 Å². The van der Waals surface area contributed by atoms with Crippen molar-refractivity contribution >= 4 is 22.2 Å². The van der Waals surface area contributed by atoms with Crippen molar-refractivity contribution in [3.05, 3.63) is 50.9 Å². The zero-order valence-electron chi connectivity index (χ0n) is 12.8. The van der Waals surface area contributed by atoms with Crippen LogP contribution < -0.4 is 5.32 Å². The number of thiophene rings is 1. The zero-order chi connectivity index (χ0) is 15.7. The second-order valence-electron chi connectivity index (χ2n) is 5.73. The maximum Gasteiger partial charge on any atom is 0.256 e. The molecule has 1 N–H and O–H groups in total. The van der Waals surface area contributed by atoms with E-state index in [0.717, 1.165) is 36.0 Å². The summed E-state index contributed by atoms with van der Waals surface area (Å²) in [5.74, 6) is -0.128. The van der Waals surface area contributed by atoms with Crippen LogP contribution in [0.3, 0.4) is 0 Å². The molecule has 0 saturated carbocycles. The Labute approximate surface area is 134 Å². The molecule has 112 valence electrons. The molecule has 0 aliphatic heterocycles. The summed E-state index contributed by atoms with van der Waals surface area (Å²) < 4.78 is 0. The molecule has 0 unspecified atom stereocenters. The minimum absolute atomic E-state index is 0.128. The van der Waals surface area contributed by atoms with E-state index in [2.05, 4.69) is 11.4 Å². The van der Waals surface area contributed by atoms with Gasteiger partial charge in [-0.15, -0.1) is 11.3 Å². The first-order chi connectivity index (χ1) is 10.6. The van der Waals surface area contributed by atoms with Gasteiger partial charge in [-0.3, -0.25) is 4.79 Å². The molecule has 22 heavy (non-hydrogen) atoms. The first-order valence-electron chi connectivity index (χ1n) is 7.54. The Morgan fingerprint density at radius 2 is 2.05 bits per heavy atom. The molecule has 1 aliphatic rings. The minimum Gasteiger partial charge on any atom is -0.312 e. The third-order valence-corrected chi connectivity index (χ3v) is 5.57. The zero-order valence-corrected chi connectivity index (χ0v) is 13.6. The lowest BCUT2D eigenvalue weighted by atomic mass is 9.96. The third kappa shape index (κ3) is 2.53. The van der Waals surface area contributed by atoms with Crippen LogP contribution in [0, 0.1) is 25.2 Å². The summed E-state index contributed by atoms with van der Waals surface area (Å²) in [4.78, 5) is 13.8. The highest BCUT2D eigenvalue weighted by Crippen LogP contribution is 2.37. The average molecular weight is 310 g/mol. The van der Waals surface area contributed by atoms with Gasteiger partial charge < -0.3 is 5.32 Å². The molecule has 4 heteroatoms. The fourth-order valence-corrected chi connectivity index (χ4v) is 4.17. The van der Waals surface area contributed by atoms with Crippen molar-refractivity contribution in [2.45, 2.75) is 39.5 Å². The number of nitrogens with zero attached hydrogens (tertiary/aromatic N) is 1. The maximum absolute atomic E-state index is 12.6. The lowest BCUT2D eigenvalue weighted by Gasteiger charge is -2.09. The molecule has 0 spiro atoms. The van der Waals surface area contributed by atoms with Gasteiger partial charge in [-0.25, -0.2) is 0 Å². The van der Waals surface area contributed by atoms with Gasteiger partial charge in [0.1, 0.15) is 11.1 Å². The highest BCUT2D eigenvalue weighted by molar-refractivity contribution is 7.16. The van der Waals surface area contributed by atoms with Crippen molar-refractivity contribution in [2.75, 3.05) is 5.32 Å². The van der Waals surface area contributed by atoms with E-state index < -0.39 is 0 Å². The highest BCUT2D eigenvalue weighted by atomic mass is 32.1. The van der Waals surface area contributed by atoms with Crippen molar-refractivity contribution in [1.82, 2.24) is 0 Å². The van der Waals surface area contributed by atoms with Crippen LogP contribution in [0.4, 0.5) is 5.00 Å². The largest absolute Gasteiger partial charge is 0.312 e. The van der Waals surface area contributed by atoms with Gasteiger partial charge in [0.25, 0.3) is 5.91 Å². The number of rotatable bonds is 2. The van der Waals surface area contributed by atoms with Crippen LogP contribution in [0.2, 0.25) is 0 Å². The Kier molecular flexibility index (Phi) is 4.00. The van der Waals surface area contributed by atoms with Crippen molar-refractivity contribution in [2.24, 2.45) is 0 Å². The molecule has 1 amide bonds. The molecule has 1 heterocycles. The molecule has 3 rings (SSSR count). The van der Waals surface area contributed by atoms with Crippen LogP contribution in [0.5, 0.6) is 0 Å². The predicted octanol–water partition coefficient (Wildman–Crippen LogP) is 4.37. The van der Waals surface area contributed by atoms with Gasteiger partial charge in [-0.2, -0.15) is 5.26 Å². The average Bonchev–Trinajstić information content (AvgIpc) is 2.86. The van der Waals surface area contributed by atoms with Gasteiger partial charge in [0.2, 0.25) is 0 Å². The SMILES string of the molecule is Cc1cccc(C(=O)Nc2sc3c(c2C#N)CCCC3)c1C. The van der Waals surface area contributed by atoms with Crippen LogP contribution >= 0.6 is 11.3 Å². The Hall–Kier alpha value is -2.12. The van der Waals surface area contributed by atoms with E-state index in [-0.39, 0.29) is 5.91 Å².